The smallest absolute Gasteiger partial charge is 0.244 e. The van der Waals surface area contributed by atoms with Gasteiger partial charge in [-0.25, -0.2) is 5.84 Å². The highest BCUT2D eigenvalue weighted by atomic mass is 16.5. The lowest BCUT2D eigenvalue weighted by Gasteiger charge is -2.34. The van der Waals surface area contributed by atoms with E-state index in [0.717, 1.165) is 5.56 Å². The largest absolute Gasteiger partial charge is 0.381 e. The van der Waals surface area contributed by atoms with Crippen molar-refractivity contribution in [1.29, 1.82) is 0 Å². The van der Waals surface area contributed by atoms with Gasteiger partial charge in [-0.3, -0.25) is 10.2 Å². The van der Waals surface area contributed by atoms with Gasteiger partial charge in [-0.15, -0.1) is 0 Å². The zero-order chi connectivity index (χ0) is 10.7. The van der Waals surface area contributed by atoms with Gasteiger partial charge in [-0.2, -0.15) is 0 Å². The predicted molar refractivity (Wildman–Crippen MR) is 54.9 cm³/mol. The van der Waals surface area contributed by atoms with E-state index in [1.807, 2.05) is 18.5 Å². The van der Waals surface area contributed by atoms with E-state index in [1.165, 1.54) is 0 Å². The average molecular weight is 209 g/mol. The lowest BCUT2D eigenvalue weighted by Crippen LogP contribution is -2.50. The minimum Gasteiger partial charge on any atom is -0.381 e. The van der Waals surface area contributed by atoms with Crippen molar-refractivity contribution in [3.8, 4) is 0 Å². The fourth-order valence-corrected chi connectivity index (χ4v) is 2.13. The molecule has 0 bridgehead atoms. The molecule has 0 saturated carbocycles. The number of H-pyrrole nitrogens is 1. The Bertz CT molecular complexity index is 328. The Morgan fingerprint density at radius 1 is 1.53 bits per heavy atom. The summed E-state index contributed by atoms with van der Waals surface area (Å²) in [5.41, 5.74) is 2.71. The third-order valence-electron chi connectivity index (χ3n) is 3.06. The van der Waals surface area contributed by atoms with Gasteiger partial charge in [-0.05, 0) is 24.5 Å². The summed E-state index contributed by atoms with van der Waals surface area (Å²) in [6, 6.07) is 1.92. The number of rotatable bonds is 2. The van der Waals surface area contributed by atoms with E-state index in [4.69, 9.17) is 10.6 Å². The molecule has 5 nitrogen and oxygen atoms in total. The minimum atomic E-state index is -0.521. The van der Waals surface area contributed by atoms with Crippen LogP contribution in [0.3, 0.4) is 0 Å². The van der Waals surface area contributed by atoms with Crippen LogP contribution in [-0.4, -0.2) is 24.1 Å². The van der Waals surface area contributed by atoms with Crippen LogP contribution in [0.1, 0.15) is 18.4 Å². The van der Waals surface area contributed by atoms with Crippen molar-refractivity contribution < 1.29 is 9.53 Å². The zero-order valence-corrected chi connectivity index (χ0v) is 8.45. The molecule has 0 unspecified atom stereocenters. The average Bonchev–Trinajstić information content (AvgIpc) is 2.83. The first-order valence-electron chi connectivity index (χ1n) is 5.02. The molecule has 5 heteroatoms. The van der Waals surface area contributed by atoms with Gasteiger partial charge in [0, 0.05) is 25.6 Å². The van der Waals surface area contributed by atoms with E-state index in [2.05, 4.69) is 10.4 Å². The Balaban J connectivity index is 2.34. The number of amides is 1. The molecule has 1 fully saturated rings. The Kier molecular flexibility index (Phi) is 2.75. The summed E-state index contributed by atoms with van der Waals surface area (Å²) >= 11 is 0. The van der Waals surface area contributed by atoms with Crippen LogP contribution in [0.25, 0.3) is 0 Å². The number of hydrogen-bond donors (Lipinski definition) is 3. The monoisotopic (exact) mass is 209 g/mol. The van der Waals surface area contributed by atoms with Crippen LogP contribution >= 0.6 is 0 Å². The molecular formula is C10H15N3O2. The van der Waals surface area contributed by atoms with Crippen molar-refractivity contribution in [2.45, 2.75) is 18.3 Å². The van der Waals surface area contributed by atoms with Gasteiger partial charge < -0.3 is 9.72 Å². The number of nitrogens with one attached hydrogen (secondary N) is 2. The van der Waals surface area contributed by atoms with E-state index in [1.54, 1.807) is 0 Å². The molecule has 1 saturated heterocycles. The van der Waals surface area contributed by atoms with Gasteiger partial charge in [0.15, 0.2) is 0 Å². The summed E-state index contributed by atoms with van der Waals surface area (Å²) in [5, 5.41) is 0. The Morgan fingerprint density at radius 2 is 2.27 bits per heavy atom. The van der Waals surface area contributed by atoms with Crippen molar-refractivity contribution in [3.05, 3.63) is 24.0 Å². The third-order valence-corrected chi connectivity index (χ3v) is 3.06. The van der Waals surface area contributed by atoms with E-state index >= 15 is 0 Å². The standard InChI is InChI=1S/C10H15N3O2/c11-13-9(14)10(2-5-15-6-3-10)8-1-4-12-7-8/h1,4,7,12H,2-3,5-6,11H2,(H,13,14). The second kappa shape index (κ2) is 4.04. The summed E-state index contributed by atoms with van der Waals surface area (Å²) in [6.45, 7) is 1.19. The molecule has 1 aromatic heterocycles. The normalized spacial score (nSPS) is 19.8. The Hall–Kier alpha value is -1.33. The molecule has 15 heavy (non-hydrogen) atoms. The van der Waals surface area contributed by atoms with Gasteiger partial charge in [0.1, 0.15) is 0 Å². The van der Waals surface area contributed by atoms with E-state index in [9.17, 15) is 4.79 Å². The molecule has 4 N–H and O–H groups in total. The number of ether oxygens (including phenoxy) is 1. The summed E-state index contributed by atoms with van der Waals surface area (Å²) in [5.74, 6) is 5.11. The second-order valence-corrected chi connectivity index (χ2v) is 3.77. The van der Waals surface area contributed by atoms with Gasteiger partial charge in [0.05, 0.1) is 5.41 Å². The molecular weight excluding hydrogens is 194 g/mol. The number of carbonyl (C=O) groups excluding carboxylic acids is 1. The fraction of sp³-hybridized carbons (Fsp3) is 0.500. The van der Waals surface area contributed by atoms with Gasteiger partial charge >= 0.3 is 0 Å². The van der Waals surface area contributed by atoms with Crippen LogP contribution < -0.4 is 11.3 Å². The van der Waals surface area contributed by atoms with Crippen LogP contribution in [-0.2, 0) is 14.9 Å². The predicted octanol–water partition coefficient (Wildman–Crippen LogP) is 0.0528. The maximum absolute atomic E-state index is 11.9. The summed E-state index contributed by atoms with van der Waals surface area (Å²) < 4.78 is 5.29. The lowest BCUT2D eigenvalue weighted by molar-refractivity contribution is -0.130. The van der Waals surface area contributed by atoms with Crippen LogP contribution in [0.2, 0.25) is 0 Å². The second-order valence-electron chi connectivity index (χ2n) is 3.77. The van der Waals surface area contributed by atoms with Gasteiger partial charge in [0.2, 0.25) is 5.91 Å². The molecule has 0 aromatic carbocycles. The zero-order valence-electron chi connectivity index (χ0n) is 8.45. The fourth-order valence-electron chi connectivity index (χ4n) is 2.13. The van der Waals surface area contributed by atoms with Gasteiger partial charge in [-0.1, -0.05) is 0 Å². The first-order chi connectivity index (χ1) is 7.29. The van der Waals surface area contributed by atoms with Crippen LogP contribution in [0.4, 0.5) is 0 Å². The highest BCUT2D eigenvalue weighted by Crippen LogP contribution is 2.34. The minimum absolute atomic E-state index is 0.134. The molecule has 82 valence electrons. The number of aromatic amines is 1. The molecule has 1 amide bonds. The van der Waals surface area contributed by atoms with Crippen LogP contribution in [0, 0.1) is 0 Å². The molecule has 2 rings (SSSR count). The Morgan fingerprint density at radius 3 is 2.80 bits per heavy atom. The van der Waals surface area contributed by atoms with Crippen LogP contribution in [0.5, 0.6) is 0 Å². The number of hydrazine groups is 1. The van der Waals surface area contributed by atoms with E-state index < -0.39 is 5.41 Å². The highest BCUT2D eigenvalue weighted by molar-refractivity contribution is 5.87. The SMILES string of the molecule is NNC(=O)C1(c2cc[nH]c2)CCOCC1. The van der Waals surface area contributed by atoms with Crippen molar-refractivity contribution in [2.75, 3.05) is 13.2 Å². The maximum atomic E-state index is 11.9. The number of aromatic nitrogens is 1. The maximum Gasteiger partial charge on any atom is 0.244 e. The lowest BCUT2D eigenvalue weighted by atomic mass is 9.74. The van der Waals surface area contributed by atoms with Crippen molar-refractivity contribution in [2.24, 2.45) is 5.84 Å². The molecule has 1 aliphatic heterocycles. The molecule has 1 aromatic rings. The van der Waals surface area contributed by atoms with E-state index in [-0.39, 0.29) is 5.91 Å². The first kappa shape index (κ1) is 10.2. The summed E-state index contributed by atoms with van der Waals surface area (Å²) in [7, 11) is 0. The number of carbonyl (C=O) groups is 1. The number of nitrogens with two attached hydrogens (primary N) is 1. The molecule has 0 spiro atoms. The number of hydrogen-bond acceptors (Lipinski definition) is 3. The molecule has 0 atom stereocenters. The molecule has 1 aliphatic rings. The van der Waals surface area contributed by atoms with E-state index in [0.29, 0.717) is 26.1 Å². The molecule has 0 radical (unpaired) electrons. The van der Waals surface area contributed by atoms with Gasteiger partial charge in [0.25, 0.3) is 0 Å². The van der Waals surface area contributed by atoms with Crippen molar-refractivity contribution in [1.82, 2.24) is 10.4 Å². The molecule has 0 aliphatic carbocycles. The highest BCUT2D eigenvalue weighted by Gasteiger charge is 2.41. The molecule has 2 heterocycles. The first-order valence-corrected chi connectivity index (χ1v) is 5.02. The summed E-state index contributed by atoms with van der Waals surface area (Å²) in [4.78, 5) is 14.9. The van der Waals surface area contributed by atoms with Crippen molar-refractivity contribution >= 4 is 5.91 Å². The third kappa shape index (κ3) is 1.64. The Labute approximate surface area is 88.0 Å². The quantitative estimate of drug-likeness (QED) is 0.366. The van der Waals surface area contributed by atoms with Crippen molar-refractivity contribution in [3.63, 3.8) is 0 Å². The topological polar surface area (TPSA) is 80.1 Å². The van der Waals surface area contributed by atoms with Crippen LogP contribution in [0.15, 0.2) is 18.5 Å². The summed E-state index contributed by atoms with van der Waals surface area (Å²) in [6.07, 6.45) is 5.01.